The molecule has 3 rings (SSSR count). The fraction of sp³-hybridized carbons (Fsp3) is 0.190. The highest BCUT2D eigenvalue weighted by Crippen LogP contribution is 2.33. The molecular weight excluding hydrogens is 380 g/mol. The summed E-state index contributed by atoms with van der Waals surface area (Å²) in [4.78, 5) is 28.5. The number of carbonyl (C=O) groups is 2. The van der Waals surface area contributed by atoms with Gasteiger partial charge in [0.2, 0.25) is 0 Å². The molecule has 0 saturated heterocycles. The molecule has 2 aromatic carbocycles. The minimum Gasteiger partial charge on any atom is -0.465 e. The molecule has 0 amide bonds. The molecule has 0 saturated carbocycles. The summed E-state index contributed by atoms with van der Waals surface area (Å²) in [7, 11) is 1.33. The van der Waals surface area contributed by atoms with E-state index in [2.05, 4.69) is 10.3 Å². The Morgan fingerprint density at radius 1 is 1.11 bits per heavy atom. The standard InChI is InChI=1S/C21H19ClN2O4/c1-4-28-21(26)16-11-23-18-12(2)17(22)10-9-15(18)19(16)24-14-7-5-13(6-8-14)20(25)27-3/h5-11H,4H2,1-3H3,(H,23,24). The fourth-order valence-electron chi connectivity index (χ4n) is 2.83. The van der Waals surface area contributed by atoms with Crippen molar-refractivity contribution in [2.24, 2.45) is 0 Å². The molecule has 0 aliphatic rings. The number of hydrogen-bond donors (Lipinski definition) is 1. The minimum atomic E-state index is -0.474. The van der Waals surface area contributed by atoms with Gasteiger partial charge in [0.1, 0.15) is 5.56 Å². The molecule has 7 heteroatoms. The number of hydrogen-bond acceptors (Lipinski definition) is 6. The summed E-state index contributed by atoms with van der Waals surface area (Å²) in [5, 5.41) is 4.58. The number of benzene rings is 2. The monoisotopic (exact) mass is 398 g/mol. The zero-order valence-electron chi connectivity index (χ0n) is 15.7. The molecular formula is C21H19ClN2O4. The molecule has 144 valence electrons. The first-order valence-corrected chi connectivity index (χ1v) is 9.04. The first-order chi connectivity index (χ1) is 13.5. The number of nitrogens with zero attached hydrogens (tertiary/aromatic N) is 1. The first-order valence-electron chi connectivity index (χ1n) is 8.66. The van der Waals surface area contributed by atoms with Gasteiger partial charge >= 0.3 is 11.9 Å². The van der Waals surface area contributed by atoms with Crippen molar-refractivity contribution in [3.8, 4) is 0 Å². The quantitative estimate of drug-likeness (QED) is 0.615. The van der Waals surface area contributed by atoms with E-state index < -0.39 is 11.9 Å². The maximum absolute atomic E-state index is 12.4. The lowest BCUT2D eigenvalue weighted by molar-refractivity contribution is 0.0526. The number of methoxy groups -OCH3 is 1. The van der Waals surface area contributed by atoms with E-state index in [0.29, 0.717) is 33.0 Å². The van der Waals surface area contributed by atoms with Gasteiger partial charge in [0, 0.05) is 22.3 Å². The van der Waals surface area contributed by atoms with E-state index in [1.165, 1.54) is 13.3 Å². The number of ether oxygens (including phenoxy) is 2. The van der Waals surface area contributed by atoms with Gasteiger partial charge in [-0.15, -0.1) is 0 Å². The Balaban J connectivity index is 2.11. The van der Waals surface area contributed by atoms with Crippen molar-refractivity contribution in [2.45, 2.75) is 13.8 Å². The Bertz CT molecular complexity index is 1050. The molecule has 28 heavy (non-hydrogen) atoms. The van der Waals surface area contributed by atoms with Gasteiger partial charge in [-0.05, 0) is 55.8 Å². The van der Waals surface area contributed by atoms with Crippen molar-refractivity contribution in [1.29, 1.82) is 0 Å². The summed E-state index contributed by atoms with van der Waals surface area (Å²) >= 11 is 6.22. The molecule has 1 heterocycles. The third-order valence-electron chi connectivity index (χ3n) is 4.30. The second-order valence-corrected chi connectivity index (χ2v) is 6.44. The summed E-state index contributed by atoms with van der Waals surface area (Å²) in [5.74, 6) is -0.892. The number of fused-ring (bicyclic) bond motifs is 1. The summed E-state index contributed by atoms with van der Waals surface area (Å²) < 4.78 is 9.88. The van der Waals surface area contributed by atoms with Gasteiger partial charge in [0.15, 0.2) is 0 Å². The van der Waals surface area contributed by atoms with Crippen molar-refractivity contribution >= 4 is 45.8 Å². The van der Waals surface area contributed by atoms with Crippen LogP contribution in [0.2, 0.25) is 5.02 Å². The van der Waals surface area contributed by atoms with Gasteiger partial charge in [0.25, 0.3) is 0 Å². The lowest BCUT2D eigenvalue weighted by Crippen LogP contribution is -2.09. The van der Waals surface area contributed by atoms with Crippen LogP contribution < -0.4 is 5.32 Å². The van der Waals surface area contributed by atoms with Crippen molar-refractivity contribution in [3.63, 3.8) is 0 Å². The Hall–Kier alpha value is -3.12. The molecule has 0 unspecified atom stereocenters. The number of anilines is 2. The molecule has 0 aliphatic carbocycles. The minimum absolute atomic E-state index is 0.254. The zero-order valence-corrected chi connectivity index (χ0v) is 16.5. The SMILES string of the molecule is CCOC(=O)c1cnc2c(C)c(Cl)ccc2c1Nc1ccc(C(=O)OC)cc1. The van der Waals surface area contributed by atoms with Crippen LogP contribution in [0.3, 0.4) is 0 Å². The maximum Gasteiger partial charge on any atom is 0.341 e. The predicted octanol–water partition coefficient (Wildman–Crippen LogP) is 4.90. The lowest BCUT2D eigenvalue weighted by atomic mass is 10.1. The van der Waals surface area contributed by atoms with Crippen LogP contribution in [0.5, 0.6) is 0 Å². The van der Waals surface area contributed by atoms with Crippen LogP contribution in [-0.4, -0.2) is 30.6 Å². The van der Waals surface area contributed by atoms with Crippen molar-refractivity contribution in [2.75, 3.05) is 19.0 Å². The second-order valence-electron chi connectivity index (χ2n) is 6.03. The smallest absolute Gasteiger partial charge is 0.341 e. The van der Waals surface area contributed by atoms with Gasteiger partial charge in [-0.2, -0.15) is 0 Å². The van der Waals surface area contributed by atoms with Gasteiger partial charge in [0.05, 0.1) is 30.5 Å². The number of nitrogens with one attached hydrogen (secondary N) is 1. The van der Waals surface area contributed by atoms with E-state index in [1.54, 1.807) is 37.3 Å². The third-order valence-corrected chi connectivity index (χ3v) is 4.71. The van der Waals surface area contributed by atoms with Crippen molar-refractivity contribution in [1.82, 2.24) is 4.98 Å². The van der Waals surface area contributed by atoms with Gasteiger partial charge in [-0.1, -0.05) is 11.6 Å². The predicted molar refractivity (Wildman–Crippen MR) is 109 cm³/mol. The van der Waals surface area contributed by atoms with E-state index in [-0.39, 0.29) is 6.61 Å². The van der Waals surface area contributed by atoms with Crippen LogP contribution in [0.15, 0.2) is 42.6 Å². The van der Waals surface area contributed by atoms with Gasteiger partial charge < -0.3 is 14.8 Å². The molecule has 0 atom stereocenters. The molecule has 0 aliphatic heterocycles. The number of aryl methyl sites for hydroxylation is 1. The van der Waals surface area contributed by atoms with Gasteiger partial charge in [-0.3, -0.25) is 4.98 Å². The number of rotatable bonds is 5. The Morgan fingerprint density at radius 3 is 2.46 bits per heavy atom. The van der Waals surface area contributed by atoms with Crippen LogP contribution in [0.4, 0.5) is 11.4 Å². The van der Waals surface area contributed by atoms with E-state index in [1.807, 2.05) is 13.0 Å². The van der Waals surface area contributed by atoms with Gasteiger partial charge in [-0.25, -0.2) is 9.59 Å². The van der Waals surface area contributed by atoms with Crippen LogP contribution in [0.1, 0.15) is 33.2 Å². The van der Waals surface area contributed by atoms with Crippen LogP contribution in [0, 0.1) is 6.92 Å². The van der Waals surface area contributed by atoms with Crippen molar-refractivity contribution in [3.05, 3.63) is 64.3 Å². The normalized spacial score (nSPS) is 10.6. The van der Waals surface area contributed by atoms with Crippen LogP contribution in [-0.2, 0) is 9.47 Å². The molecule has 6 nitrogen and oxygen atoms in total. The largest absolute Gasteiger partial charge is 0.465 e. The molecule has 0 bridgehead atoms. The Kier molecular flexibility index (Phi) is 5.80. The highest BCUT2D eigenvalue weighted by molar-refractivity contribution is 6.32. The highest BCUT2D eigenvalue weighted by atomic mass is 35.5. The summed E-state index contributed by atoms with van der Waals surface area (Å²) in [5.41, 5.74) is 3.51. The van der Waals surface area contributed by atoms with Crippen LogP contribution >= 0.6 is 11.6 Å². The number of pyridine rings is 1. The number of esters is 2. The van der Waals surface area contributed by atoms with E-state index in [4.69, 9.17) is 21.1 Å². The molecule has 1 N–H and O–H groups in total. The van der Waals surface area contributed by atoms with Crippen molar-refractivity contribution < 1.29 is 19.1 Å². The average molecular weight is 399 g/mol. The second kappa shape index (κ2) is 8.27. The molecule has 0 radical (unpaired) electrons. The fourth-order valence-corrected chi connectivity index (χ4v) is 2.98. The zero-order chi connectivity index (χ0) is 20.3. The molecule has 0 spiro atoms. The van der Waals surface area contributed by atoms with E-state index in [0.717, 1.165) is 10.9 Å². The van der Waals surface area contributed by atoms with E-state index in [9.17, 15) is 9.59 Å². The maximum atomic E-state index is 12.4. The van der Waals surface area contributed by atoms with E-state index >= 15 is 0 Å². The average Bonchev–Trinajstić information content (AvgIpc) is 2.71. The highest BCUT2D eigenvalue weighted by Gasteiger charge is 2.18. The lowest BCUT2D eigenvalue weighted by Gasteiger charge is -2.15. The number of aromatic nitrogens is 1. The number of carbonyl (C=O) groups excluding carboxylic acids is 2. The van der Waals surface area contributed by atoms with Crippen LogP contribution in [0.25, 0.3) is 10.9 Å². The topological polar surface area (TPSA) is 77.5 Å². The molecule has 0 fully saturated rings. The Morgan fingerprint density at radius 2 is 1.82 bits per heavy atom. The molecule has 1 aromatic heterocycles. The Labute approximate surface area is 167 Å². The number of halogens is 1. The molecule has 3 aromatic rings. The third kappa shape index (κ3) is 3.77. The summed E-state index contributed by atoms with van der Waals surface area (Å²) in [6.45, 7) is 3.87. The summed E-state index contributed by atoms with van der Waals surface area (Å²) in [6.07, 6.45) is 1.48. The summed E-state index contributed by atoms with van der Waals surface area (Å²) in [6, 6.07) is 10.3. The first kappa shape index (κ1) is 19.6.